The van der Waals surface area contributed by atoms with E-state index in [9.17, 15) is 24.9 Å². The summed E-state index contributed by atoms with van der Waals surface area (Å²) in [7, 11) is 0. The molecule has 0 bridgehead atoms. The molecule has 0 aliphatic carbocycles. The molecule has 2 aromatic heterocycles. The zero-order valence-electron chi connectivity index (χ0n) is 14.0. The number of cyclic esters (lactones) is 1. The van der Waals surface area contributed by atoms with Crippen molar-refractivity contribution >= 4 is 16.9 Å². The minimum absolute atomic E-state index is 0.0197. The molecule has 3 aromatic rings. The second kappa shape index (κ2) is 5.38. The molecule has 0 amide bonds. The normalized spacial score (nSPS) is 17.4. The molecule has 0 spiro atoms. The fourth-order valence-electron chi connectivity index (χ4n) is 3.81. The first-order valence-corrected chi connectivity index (χ1v) is 8.36. The van der Waals surface area contributed by atoms with Crippen LogP contribution < -0.4 is 5.56 Å². The Bertz CT molecular complexity index is 1210. The molecular formula is C19H14N2O6. The SMILES string of the molecule is O=C1OCc2c(cc3n(c2=O)Cc2cc4c(CO)c(O)ccc4nc2-3)C1O. The number of benzene rings is 1. The number of aliphatic hydroxyl groups excluding tert-OH is 2. The van der Waals surface area contributed by atoms with Gasteiger partial charge < -0.3 is 24.6 Å². The van der Waals surface area contributed by atoms with Crippen molar-refractivity contribution in [1.82, 2.24) is 9.55 Å². The summed E-state index contributed by atoms with van der Waals surface area (Å²) < 4.78 is 6.39. The molecule has 3 N–H and O–H groups in total. The largest absolute Gasteiger partial charge is 0.508 e. The average molecular weight is 366 g/mol. The van der Waals surface area contributed by atoms with Gasteiger partial charge in [-0.2, -0.15) is 0 Å². The van der Waals surface area contributed by atoms with Gasteiger partial charge in [-0.25, -0.2) is 9.78 Å². The highest BCUT2D eigenvalue weighted by Crippen LogP contribution is 2.37. The van der Waals surface area contributed by atoms with E-state index in [-0.39, 0.29) is 42.2 Å². The number of carbonyl (C=O) groups is 1. The molecule has 8 nitrogen and oxygen atoms in total. The van der Waals surface area contributed by atoms with Gasteiger partial charge in [0.05, 0.1) is 35.6 Å². The molecule has 8 heteroatoms. The summed E-state index contributed by atoms with van der Waals surface area (Å²) in [6.45, 7) is -0.237. The summed E-state index contributed by atoms with van der Waals surface area (Å²) in [4.78, 5) is 29.1. The van der Waals surface area contributed by atoms with Gasteiger partial charge in [0.25, 0.3) is 5.56 Å². The van der Waals surface area contributed by atoms with Crippen molar-refractivity contribution in [3.8, 4) is 17.1 Å². The highest BCUT2D eigenvalue weighted by Gasteiger charge is 2.33. The van der Waals surface area contributed by atoms with Crippen molar-refractivity contribution in [3.63, 3.8) is 0 Å². The number of carbonyl (C=O) groups excluding carboxylic acids is 1. The van der Waals surface area contributed by atoms with Crippen LogP contribution in [0.5, 0.6) is 5.75 Å². The van der Waals surface area contributed by atoms with Crippen LogP contribution in [-0.4, -0.2) is 30.8 Å². The number of esters is 1. The van der Waals surface area contributed by atoms with E-state index in [0.29, 0.717) is 27.9 Å². The zero-order chi connectivity index (χ0) is 18.9. The lowest BCUT2D eigenvalue weighted by molar-refractivity contribution is -0.157. The molecule has 0 saturated heterocycles. The molecule has 1 atom stereocenters. The van der Waals surface area contributed by atoms with Crippen molar-refractivity contribution in [2.45, 2.75) is 25.9 Å². The van der Waals surface area contributed by atoms with E-state index >= 15 is 0 Å². The van der Waals surface area contributed by atoms with Crippen molar-refractivity contribution in [2.24, 2.45) is 0 Å². The lowest BCUT2D eigenvalue weighted by Gasteiger charge is -2.21. The number of aromatic nitrogens is 2. The lowest BCUT2D eigenvalue weighted by atomic mass is 10.00. The van der Waals surface area contributed by atoms with Gasteiger partial charge in [0.15, 0.2) is 6.10 Å². The molecule has 2 aliphatic rings. The zero-order valence-corrected chi connectivity index (χ0v) is 14.0. The quantitative estimate of drug-likeness (QED) is 0.424. The fourth-order valence-corrected chi connectivity index (χ4v) is 3.81. The Morgan fingerprint density at radius 1 is 1.26 bits per heavy atom. The van der Waals surface area contributed by atoms with E-state index in [4.69, 9.17) is 4.74 Å². The van der Waals surface area contributed by atoms with Crippen LogP contribution in [0.15, 0.2) is 29.1 Å². The monoisotopic (exact) mass is 366 g/mol. The Kier molecular flexibility index (Phi) is 3.19. The molecule has 0 saturated carbocycles. The number of rotatable bonds is 1. The maximum atomic E-state index is 12.8. The smallest absolute Gasteiger partial charge is 0.340 e. The fraction of sp³-hybridized carbons (Fsp3) is 0.211. The number of aromatic hydroxyl groups is 1. The standard InChI is InChI=1S/C19H14N2O6/c22-6-11-9-3-8-5-21-14(16(8)20-13(9)1-2-15(11)23)4-10-12(18(21)25)7-27-19(26)17(10)24/h1-4,17,22-24H,5-7H2. The van der Waals surface area contributed by atoms with Crippen LogP contribution in [0.25, 0.3) is 22.3 Å². The van der Waals surface area contributed by atoms with Crippen LogP contribution in [0.1, 0.15) is 28.4 Å². The number of hydrogen-bond donors (Lipinski definition) is 3. The van der Waals surface area contributed by atoms with Gasteiger partial charge in [-0.05, 0) is 24.3 Å². The van der Waals surface area contributed by atoms with E-state index in [1.165, 1.54) is 10.6 Å². The first kappa shape index (κ1) is 16.0. The third-order valence-electron chi connectivity index (χ3n) is 5.20. The van der Waals surface area contributed by atoms with Crippen LogP contribution in [0.2, 0.25) is 0 Å². The molecule has 27 heavy (non-hydrogen) atoms. The van der Waals surface area contributed by atoms with Crippen LogP contribution in [-0.2, 0) is 29.3 Å². The second-order valence-electron chi connectivity index (χ2n) is 6.65. The summed E-state index contributed by atoms with van der Waals surface area (Å²) in [5.74, 6) is -0.798. The van der Waals surface area contributed by atoms with Crippen LogP contribution in [0.3, 0.4) is 0 Å². The van der Waals surface area contributed by atoms with E-state index < -0.39 is 12.1 Å². The Balaban J connectivity index is 1.78. The Morgan fingerprint density at radius 2 is 2.07 bits per heavy atom. The van der Waals surface area contributed by atoms with Gasteiger partial charge >= 0.3 is 5.97 Å². The summed E-state index contributed by atoms with van der Waals surface area (Å²) in [5.41, 5.74) is 2.96. The summed E-state index contributed by atoms with van der Waals surface area (Å²) in [5, 5.41) is 30.2. The summed E-state index contributed by atoms with van der Waals surface area (Å²) >= 11 is 0. The van der Waals surface area contributed by atoms with E-state index in [2.05, 4.69) is 4.98 Å². The first-order chi connectivity index (χ1) is 13.0. The molecule has 1 aromatic carbocycles. The van der Waals surface area contributed by atoms with Gasteiger partial charge in [0.2, 0.25) is 0 Å². The third kappa shape index (κ3) is 2.08. The maximum Gasteiger partial charge on any atom is 0.340 e. The number of ether oxygens (including phenoxy) is 1. The van der Waals surface area contributed by atoms with E-state index in [0.717, 1.165) is 5.56 Å². The lowest BCUT2D eigenvalue weighted by Crippen LogP contribution is -2.32. The van der Waals surface area contributed by atoms with Gasteiger partial charge in [-0.3, -0.25) is 4.79 Å². The Labute approximate surface area is 151 Å². The predicted octanol–water partition coefficient (Wildman–Crippen LogP) is 0.713. The summed E-state index contributed by atoms with van der Waals surface area (Å²) in [6, 6.07) is 6.50. The molecule has 136 valence electrons. The molecule has 0 radical (unpaired) electrons. The summed E-state index contributed by atoms with van der Waals surface area (Å²) in [6.07, 6.45) is -1.49. The number of fused-ring (bicyclic) bond motifs is 5. The van der Waals surface area contributed by atoms with E-state index in [1.807, 2.05) is 0 Å². The van der Waals surface area contributed by atoms with Gasteiger partial charge in [0, 0.05) is 22.1 Å². The Hall–Kier alpha value is -3.23. The van der Waals surface area contributed by atoms with Gasteiger partial charge in [0.1, 0.15) is 12.4 Å². The van der Waals surface area contributed by atoms with Gasteiger partial charge in [-0.1, -0.05) is 0 Å². The molecule has 5 rings (SSSR count). The molecule has 4 heterocycles. The molecular weight excluding hydrogens is 352 g/mol. The molecule has 2 aliphatic heterocycles. The van der Waals surface area contributed by atoms with Crippen molar-refractivity contribution in [1.29, 1.82) is 0 Å². The third-order valence-corrected chi connectivity index (χ3v) is 5.20. The highest BCUT2D eigenvalue weighted by molar-refractivity contribution is 5.88. The number of pyridine rings is 2. The minimum Gasteiger partial charge on any atom is -0.508 e. The maximum absolute atomic E-state index is 12.8. The van der Waals surface area contributed by atoms with Crippen LogP contribution >= 0.6 is 0 Å². The molecule has 1 unspecified atom stereocenters. The topological polar surface area (TPSA) is 122 Å². The number of hydrogen-bond acceptors (Lipinski definition) is 7. The second-order valence-corrected chi connectivity index (χ2v) is 6.65. The highest BCUT2D eigenvalue weighted by atomic mass is 16.5. The first-order valence-electron chi connectivity index (χ1n) is 8.36. The van der Waals surface area contributed by atoms with Crippen LogP contribution in [0, 0.1) is 0 Å². The number of nitrogens with zero attached hydrogens (tertiary/aromatic N) is 2. The van der Waals surface area contributed by atoms with Crippen molar-refractivity contribution in [3.05, 3.63) is 56.9 Å². The van der Waals surface area contributed by atoms with Gasteiger partial charge in [-0.15, -0.1) is 0 Å². The number of aliphatic hydroxyl groups is 2. The van der Waals surface area contributed by atoms with Crippen molar-refractivity contribution < 1.29 is 24.9 Å². The number of phenols is 1. The average Bonchev–Trinajstić information content (AvgIpc) is 3.02. The predicted molar refractivity (Wildman–Crippen MR) is 92.9 cm³/mol. The Morgan fingerprint density at radius 3 is 2.85 bits per heavy atom. The van der Waals surface area contributed by atoms with Crippen LogP contribution in [0.4, 0.5) is 0 Å². The van der Waals surface area contributed by atoms with E-state index in [1.54, 1.807) is 18.2 Å². The molecule has 0 fully saturated rings. The minimum atomic E-state index is -1.49. The van der Waals surface area contributed by atoms with Crippen molar-refractivity contribution in [2.75, 3.05) is 0 Å².